The molecule has 7 nitrogen and oxygen atoms in total. The molecular weight excluding hydrogens is 420 g/mol. The van der Waals surface area contributed by atoms with E-state index < -0.39 is 17.8 Å². The second-order valence-electron chi connectivity index (χ2n) is 8.92. The lowest BCUT2D eigenvalue weighted by Gasteiger charge is -2.33. The van der Waals surface area contributed by atoms with E-state index in [1.165, 1.54) is 0 Å². The van der Waals surface area contributed by atoms with Gasteiger partial charge in [0.15, 0.2) is 0 Å². The van der Waals surface area contributed by atoms with Crippen LogP contribution in [0.15, 0.2) is 66.7 Å². The second kappa shape index (κ2) is 10.9. The first-order chi connectivity index (χ1) is 15.7. The average molecular weight is 453 g/mol. The summed E-state index contributed by atoms with van der Waals surface area (Å²) in [6.45, 7) is 5.93. The van der Waals surface area contributed by atoms with E-state index in [2.05, 4.69) is 5.32 Å². The molecule has 1 aliphatic carbocycles. The van der Waals surface area contributed by atoms with Crippen LogP contribution in [0.4, 0.5) is 9.59 Å². The fourth-order valence-corrected chi connectivity index (χ4v) is 3.60. The van der Waals surface area contributed by atoms with Crippen LogP contribution in [0.2, 0.25) is 0 Å². The first kappa shape index (κ1) is 24.2. The van der Waals surface area contributed by atoms with Crippen molar-refractivity contribution in [3.05, 3.63) is 77.9 Å². The van der Waals surface area contributed by atoms with Crippen LogP contribution in [0, 0.1) is 0 Å². The largest absolute Gasteiger partial charge is 0.497 e. The maximum Gasteiger partial charge on any atom is 0.410 e. The Bertz CT molecular complexity index is 951. The molecular formula is C26H32N2O5. The lowest BCUT2D eigenvalue weighted by atomic mass is 10.1. The number of alkyl carbamates (subject to hydrolysis) is 1. The molecule has 2 amide bonds. The van der Waals surface area contributed by atoms with Crippen LogP contribution in [0.1, 0.15) is 38.3 Å². The zero-order valence-corrected chi connectivity index (χ0v) is 19.6. The highest BCUT2D eigenvalue weighted by atomic mass is 16.6. The number of amides is 2. The summed E-state index contributed by atoms with van der Waals surface area (Å²) in [6, 6.07) is 16.4. The third-order valence-corrected chi connectivity index (χ3v) is 5.17. The Morgan fingerprint density at radius 1 is 1.03 bits per heavy atom. The quantitative estimate of drug-likeness (QED) is 0.595. The Kier molecular flexibility index (Phi) is 7.98. The molecule has 0 aliphatic heterocycles. The minimum atomic E-state index is -0.612. The predicted octanol–water partition coefficient (Wildman–Crippen LogP) is 5.06. The summed E-state index contributed by atoms with van der Waals surface area (Å²) in [5, 5.41) is 2.88. The van der Waals surface area contributed by atoms with E-state index in [1.54, 1.807) is 12.0 Å². The molecule has 0 aromatic heterocycles. The van der Waals surface area contributed by atoms with Crippen molar-refractivity contribution >= 4 is 12.2 Å². The summed E-state index contributed by atoms with van der Waals surface area (Å²) in [7, 11) is 1.61. The molecule has 0 radical (unpaired) electrons. The lowest BCUT2D eigenvalue weighted by molar-refractivity contribution is 0.0454. The fourth-order valence-electron chi connectivity index (χ4n) is 3.60. The Morgan fingerprint density at radius 3 is 2.36 bits per heavy atom. The first-order valence-corrected chi connectivity index (χ1v) is 11.0. The molecule has 1 N–H and O–H groups in total. The van der Waals surface area contributed by atoms with Gasteiger partial charge in [-0.3, -0.25) is 4.90 Å². The van der Waals surface area contributed by atoms with Crippen molar-refractivity contribution in [2.75, 3.05) is 7.11 Å². The van der Waals surface area contributed by atoms with Crippen molar-refractivity contribution in [2.45, 2.75) is 58.0 Å². The van der Waals surface area contributed by atoms with Gasteiger partial charge in [0.25, 0.3) is 0 Å². The van der Waals surface area contributed by atoms with E-state index in [1.807, 2.05) is 87.5 Å². The predicted molar refractivity (Wildman–Crippen MR) is 126 cm³/mol. The topological polar surface area (TPSA) is 77.1 Å². The van der Waals surface area contributed by atoms with Gasteiger partial charge in [-0.1, -0.05) is 54.6 Å². The van der Waals surface area contributed by atoms with Gasteiger partial charge in [0.1, 0.15) is 18.0 Å². The highest BCUT2D eigenvalue weighted by Gasteiger charge is 2.34. The molecule has 0 heterocycles. The number of rotatable bonds is 7. The van der Waals surface area contributed by atoms with Crippen molar-refractivity contribution in [1.29, 1.82) is 0 Å². The van der Waals surface area contributed by atoms with Crippen molar-refractivity contribution in [3.8, 4) is 5.75 Å². The normalized spacial score (nSPS) is 17.3. The van der Waals surface area contributed by atoms with Gasteiger partial charge in [0.2, 0.25) is 0 Å². The number of benzene rings is 2. The van der Waals surface area contributed by atoms with E-state index >= 15 is 0 Å². The lowest BCUT2D eigenvalue weighted by Crippen LogP contribution is -2.51. The third-order valence-electron chi connectivity index (χ3n) is 5.17. The molecule has 176 valence electrons. The first-order valence-electron chi connectivity index (χ1n) is 11.0. The number of hydrogen-bond acceptors (Lipinski definition) is 5. The molecule has 2 atom stereocenters. The monoisotopic (exact) mass is 452 g/mol. The second-order valence-corrected chi connectivity index (χ2v) is 8.92. The molecule has 1 aliphatic rings. The number of nitrogens with one attached hydrogen (secondary N) is 1. The van der Waals surface area contributed by atoms with Crippen LogP contribution in [0.3, 0.4) is 0 Å². The number of methoxy groups -OCH3 is 1. The van der Waals surface area contributed by atoms with Crippen LogP contribution in [-0.4, -0.2) is 41.9 Å². The molecule has 2 aromatic rings. The number of hydrogen-bond donors (Lipinski definition) is 1. The van der Waals surface area contributed by atoms with Crippen molar-refractivity contribution in [2.24, 2.45) is 0 Å². The maximum absolute atomic E-state index is 13.2. The number of nitrogens with zero attached hydrogens (tertiary/aromatic N) is 1. The Labute approximate surface area is 195 Å². The van der Waals surface area contributed by atoms with Crippen LogP contribution >= 0.6 is 0 Å². The van der Waals surface area contributed by atoms with E-state index in [-0.39, 0.29) is 18.7 Å². The van der Waals surface area contributed by atoms with Gasteiger partial charge in [-0.05, 0) is 50.5 Å². The fraction of sp³-hybridized carbons (Fsp3) is 0.385. The molecule has 0 fully saturated rings. The highest BCUT2D eigenvalue weighted by molar-refractivity contribution is 5.71. The summed E-state index contributed by atoms with van der Waals surface area (Å²) in [5.41, 5.74) is 1.22. The SMILES string of the molecule is COc1ccc(CN(C(=O)OCc2ccccc2)[C@H]2CC=C[C@@H]2NC(=O)OC(C)(C)C)cc1. The summed E-state index contributed by atoms with van der Waals surface area (Å²) >= 11 is 0. The molecule has 0 saturated carbocycles. The van der Waals surface area contributed by atoms with E-state index in [4.69, 9.17) is 14.2 Å². The Balaban J connectivity index is 1.75. The van der Waals surface area contributed by atoms with Gasteiger partial charge >= 0.3 is 12.2 Å². The summed E-state index contributed by atoms with van der Waals surface area (Å²) in [6.07, 6.45) is 3.47. The smallest absolute Gasteiger partial charge is 0.410 e. The van der Waals surface area contributed by atoms with Crippen molar-refractivity contribution in [3.63, 3.8) is 0 Å². The zero-order valence-electron chi connectivity index (χ0n) is 19.6. The molecule has 0 saturated heterocycles. The van der Waals surface area contributed by atoms with E-state index in [0.717, 1.165) is 16.9 Å². The molecule has 7 heteroatoms. The van der Waals surface area contributed by atoms with Crippen molar-refractivity contribution < 1.29 is 23.8 Å². The minimum absolute atomic E-state index is 0.170. The molecule has 0 unspecified atom stereocenters. The van der Waals surface area contributed by atoms with Gasteiger partial charge in [-0.2, -0.15) is 0 Å². The minimum Gasteiger partial charge on any atom is -0.497 e. The molecule has 0 spiro atoms. The van der Waals surface area contributed by atoms with Crippen molar-refractivity contribution in [1.82, 2.24) is 10.2 Å². The van der Waals surface area contributed by atoms with Gasteiger partial charge in [-0.25, -0.2) is 9.59 Å². The molecule has 33 heavy (non-hydrogen) atoms. The number of carbonyl (C=O) groups is 2. The number of carbonyl (C=O) groups excluding carboxylic acids is 2. The van der Waals surface area contributed by atoms with Gasteiger partial charge in [0, 0.05) is 6.54 Å². The van der Waals surface area contributed by atoms with Crippen LogP contribution in [0.5, 0.6) is 5.75 Å². The summed E-state index contributed by atoms with van der Waals surface area (Å²) in [5.74, 6) is 0.740. The van der Waals surface area contributed by atoms with E-state index in [9.17, 15) is 9.59 Å². The zero-order chi connectivity index (χ0) is 23.8. The highest BCUT2D eigenvalue weighted by Crippen LogP contribution is 2.23. The average Bonchev–Trinajstić information content (AvgIpc) is 3.23. The molecule has 0 bridgehead atoms. The number of ether oxygens (including phenoxy) is 3. The van der Waals surface area contributed by atoms with Gasteiger partial charge in [0.05, 0.1) is 19.2 Å². The van der Waals surface area contributed by atoms with Crippen LogP contribution in [0.25, 0.3) is 0 Å². The Morgan fingerprint density at radius 2 is 1.73 bits per heavy atom. The van der Waals surface area contributed by atoms with Gasteiger partial charge in [-0.15, -0.1) is 0 Å². The van der Waals surface area contributed by atoms with Gasteiger partial charge < -0.3 is 19.5 Å². The Hall–Kier alpha value is -3.48. The standard InChI is InChI=1S/C26H32N2O5/c1-26(2,3)33-24(29)27-22-11-8-12-23(22)28(17-19-13-15-21(31-4)16-14-19)25(30)32-18-20-9-6-5-7-10-20/h5-11,13-16,22-23H,12,17-18H2,1-4H3,(H,27,29)/t22-,23-/m0/s1. The van der Waals surface area contributed by atoms with Crippen LogP contribution < -0.4 is 10.1 Å². The third kappa shape index (κ3) is 7.27. The molecule has 2 aromatic carbocycles. The summed E-state index contributed by atoms with van der Waals surface area (Å²) < 4.78 is 16.3. The maximum atomic E-state index is 13.2. The van der Waals surface area contributed by atoms with E-state index in [0.29, 0.717) is 13.0 Å². The summed E-state index contributed by atoms with van der Waals surface area (Å²) in [4.78, 5) is 27.2. The molecule has 3 rings (SSSR count). The van der Waals surface area contributed by atoms with Crippen LogP contribution in [-0.2, 0) is 22.6 Å².